The quantitative estimate of drug-likeness (QED) is 0.0750. The van der Waals surface area contributed by atoms with E-state index in [2.05, 4.69) is 13.8 Å². The SMILES string of the molecule is CCCCCCCCCCC(=O)c1ccc[c-]1C(=O)CCCCCCCCCC.[Fe].[cH-]1[cH-][cH-][cH-][cH-]1. The Labute approximate surface area is 226 Å². The second kappa shape index (κ2) is 24.3. The summed E-state index contributed by atoms with van der Waals surface area (Å²) in [4.78, 5) is 25.1. The average Bonchev–Trinajstić information content (AvgIpc) is 3.57. The Morgan fingerprint density at radius 3 is 1.49 bits per heavy atom. The molecule has 0 saturated carbocycles. The van der Waals surface area contributed by atoms with Gasteiger partial charge in [-0.3, -0.25) is 0 Å². The van der Waals surface area contributed by atoms with Crippen LogP contribution in [0.15, 0.2) is 48.5 Å². The average molecular weight is 523 g/mol. The van der Waals surface area contributed by atoms with Crippen molar-refractivity contribution in [3.63, 3.8) is 0 Å². The van der Waals surface area contributed by atoms with Crippen LogP contribution in [-0.2, 0) is 17.1 Å². The molecule has 0 heterocycles. The van der Waals surface area contributed by atoms with Gasteiger partial charge in [-0.15, -0.1) is 11.6 Å². The van der Waals surface area contributed by atoms with Crippen molar-refractivity contribution in [3.8, 4) is 0 Å². The summed E-state index contributed by atoms with van der Waals surface area (Å²) in [6.07, 6.45) is 20.9. The van der Waals surface area contributed by atoms with Crippen LogP contribution in [0.2, 0.25) is 0 Å². The number of Topliss-reactive ketones (excluding diaryl/α,β-unsaturated/α-hetero) is 2. The van der Waals surface area contributed by atoms with Crippen LogP contribution in [0.3, 0.4) is 0 Å². The van der Waals surface area contributed by atoms with Crippen LogP contribution in [0.25, 0.3) is 0 Å². The molecule has 204 valence electrons. The van der Waals surface area contributed by atoms with E-state index < -0.39 is 0 Å². The van der Waals surface area contributed by atoms with E-state index in [9.17, 15) is 9.59 Å². The molecule has 2 rings (SSSR count). The van der Waals surface area contributed by atoms with Crippen LogP contribution in [0.4, 0.5) is 0 Å². The molecule has 35 heavy (non-hydrogen) atoms. The fourth-order valence-electron chi connectivity index (χ4n) is 4.34. The molecule has 0 aromatic heterocycles. The molecule has 0 fully saturated rings. The summed E-state index contributed by atoms with van der Waals surface area (Å²) in [5.41, 5.74) is 1.33. The largest absolute Gasteiger partial charge is 0.748 e. The van der Waals surface area contributed by atoms with Crippen molar-refractivity contribution in [3.05, 3.63) is 59.7 Å². The van der Waals surface area contributed by atoms with Gasteiger partial charge in [0.15, 0.2) is 0 Å². The molecule has 0 amide bonds. The minimum absolute atomic E-state index is 0. The topological polar surface area (TPSA) is 34.1 Å². The number of carbonyl (C=O) groups is 2. The molecule has 0 bridgehead atoms. The smallest absolute Gasteiger partial charge is 0.122 e. The van der Waals surface area contributed by atoms with Gasteiger partial charge in [0.2, 0.25) is 0 Å². The Morgan fingerprint density at radius 1 is 0.629 bits per heavy atom. The fraction of sp³-hybridized carbons (Fsp3) is 0.625. The molecule has 0 N–H and O–H groups in total. The van der Waals surface area contributed by atoms with Gasteiger partial charge >= 0.3 is 0 Å². The van der Waals surface area contributed by atoms with E-state index in [0.29, 0.717) is 24.0 Å². The Hall–Kier alpha value is -1.44. The third-order valence-corrected chi connectivity index (χ3v) is 6.49. The maximum absolute atomic E-state index is 12.6. The molecule has 2 aromatic carbocycles. The van der Waals surface area contributed by atoms with E-state index in [-0.39, 0.29) is 28.6 Å². The number of ketones is 2. The molecule has 0 aliphatic heterocycles. The van der Waals surface area contributed by atoms with Crippen molar-refractivity contribution in [1.82, 2.24) is 0 Å². The molecule has 3 heteroatoms. The van der Waals surface area contributed by atoms with Crippen LogP contribution in [0.5, 0.6) is 0 Å². The standard InChI is InChI=1S/C27H45O2.C5H5.Fe/c1-3-5-7-9-11-13-15-17-22-26(28)24-20-19-21-25(24)27(29)23-18-16-14-12-10-8-6-4-2;1-2-4-5-3-1;/h19-21H,3-18,22-23H2,1-2H3;1-5H;/q-1;-5;. The first-order chi connectivity index (χ1) is 16.7. The van der Waals surface area contributed by atoms with Crippen molar-refractivity contribution in [2.24, 2.45) is 0 Å². The predicted molar refractivity (Wildman–Crippen MR) is 147 cm³/mol. The van der Waals surface area contributed by atoms with Gasteiger partial charge in [0.1, 0.15) is 5.78 Å². The molecular formula is C32H50FeO2-6. The third-order valence-electron chi connectivity index (χ3n) is 6.49. The van der Waals surface area contributed by atoms with Crippen LogP contribution >= 0.6 is 0 Å². The summed E-state index contributed by atoms with van der Waals surface area (Å²) < 4.78 is 0. The molecule has 2 aromatic rings. The van der Waals surface area contributed by atoms with E-state index >= 15 is 0 Å². The molecule has 0 saturated heterocycles. The van der Waals surface area contributed by atoms with Crippen LogP contribution in [0.1, 0.15) is 150 Å². The first kappa shape index (κ1) is 33.6. The molecule has 0 spiro atoms. The number of unbranched alkanes of at least 4 members (excludes halogenated alkanes) is 14. The summed E-state index contributed by atoms with van der Waals surface area (Å²) in [6.45, 7) is 4.48. The van der Waals surface area contributed by atoms with E-state index in [4.69, 9.17) is 0 Å². The van der Waals surface area contributed by atoms with Gasteiger partial charge in [0.25, 0.3) is 0 Å². The molecule has 0 radical (unpaired) electrons. The van der Waals surface area contributed by atoms with E-state index in [0.717, 1.165) is 25.7 Å². The first-order valence-corrected chi connectivity index (χ1v) is 14.2. The van der Waals surface area contributed by atoms with Gasteiger partial charge in [-0.05, 0) is 12.8 Å². The monoisotopic (exact) mass is 522 g/mol. The van der Waals surface area contributed by atoms with Gasteiger partial charge in [-0.25, -0.2) is 0 Å². The molecule has 0 aliphatic rings. The van der Waals surface area contributed by atoms with Crippen LogP contribution in [-0.4, -0.2) is 11.6 Å². The number of carbonyl (C=O) groups excluding carboxylic acids is 2. The number of hydrogen-bond donors (Lipinski definition) is 0. The Balaban J connectivity index is 0.00000170. The normalized spacial score (nSPS) is 10.3. The Bertz CT molecular complexity index is 650. The molecule has 0 aliphatic carbocycles. The van der Waals surface area contributed by atoms with E-state index in [1.807, 2.05) is 48.5 Å². The maximum Gasteiger partial charge on any atom is 0.122 e. The molecule has 0 atom stereocenters. The van der Waals surface area contributed by atoms with Gasteiger partial charge < -0.3 is 39.9 Å². The van der Waals surface area contributed by atoms with E-state index in [1.54, 1.807) is 0 Å². The zero-order chi connectivity index (χ0) is 24.7. The number of hydrogen-bond acceptors (Lipinski definition) is 2. The van der Waals surface area contributed by atoms with Crippen LogP contribution < -0.4 is 0 Å². The van der Waals surface area contributed by atoms with E-state index in [1.165, 1.54) is 77.0 Å². The predicted octanol–water partition coefficient (Wildman–Crippen LogP) is 10.2. The zero-order valence-corrected chi connectivity index (χ0v) is 23.6. The summed E-state index contributed by atoms with van der Waals surface area (Å²) in [5.74, 6) is 0.306. The van der Waals surface area contributed by atoms with Crippen LogP contribution in [0, 0.1) is 0 Å². The molecule has 2 nitrogen and oxygen atoms in total. The van der Waals surface area contributed by atoms with Crippen molar-refractivity contribution in [2.75, 3.05) is 0 Å². The third kappa shape index (κ3) is 17.6. The summed E-state index contributed by atoms with van der Waals surface area (Å²) in [6, 6.07) is 15.5. The summed E-state index contributed by atoms with van der Waals surface area (Å²) >= 11 is 0. The Morgan fingerprint density at radius 2 is 1.03 bits per heavy atom. The second-order valence-electron chi connectivity index (χ2n) is 9.61. The van der Waals surface area contributed by atoms with Crippen molar-refractivity contribution >= 4 is 11.6 Å². The number of rotatable bonds is 20. The van der Waals surface area contributed by atoms with Gasteiger partial charge in [0.05, 0.1) is 5.78 Å². The minimum atomic E-state index is 0. The summed E-state index contributed by atoms with van der Waals surface area (Å²) in [7, 11) is 0. The Kier molecular flexibility index (Phi) is 23.3. The van der Waals surface area contributed by atoms with Crippen molar-refractivity contribution < 1.29 is 26.7 Å². The van der Waals surface area contributed by atoms with Gasteiger partial charge in [-0.1, -0.05) is 116 Å². The first-order valence-electron chi connectivity index (χ1n) is 14.2. The van der Waals surface area contributed by atoms with Crippen molar-refractivity contribution in [1.29, 1.82) is 0 Å². The van der Waals surface area contributed by atoms with Crippen molar-refractivity contribution in [2.45, 2.75) is 129 Å². The van der Waals surface area contributed by atoms with Gasteiger partial charge in [-0.2, -0.15) is 12.1 Å². The summed E-state index contributed by atoms with van der Waals surface area (Å²) in [5, 5.41) is 0. The zero-order valence-electron chi connectivity index (χ0n) is 22.5. The fourth-order valence-corrected chi connectivity index (χ4v) is 4.34. The molecule has 0 unspecified atom stereocenters. The minimum Gasteiger partial charge on any atom is -0.748 e. The molecular weight excluding hydrogens is 472 g/mol. The second-order valence-corrected chi connectivity index (χ2v) is 9.61. The maximum atomic E-state index is 12.6. The van der Waals surface area contributed by atoms with Gasteiger partial charge in [0, 0.05) is 23.5 Å².